The SMILES string of the molecule is CCc1ccc[n+](C)c1.[F-]. The van der Waals surface area contributed by atoms with Crippen molar-refractivity contribution in [3.05, 3.63) is 30.1 Å². The van der Waals surface area contributed by atoms with E-state index < -0.39 is 0 Å². The highest BCUT2D eigenvalue weighted by Gasteiger charge is 1.91. The van der Waals surface area contributed by atoms with Gasteiger partial charge in [0.05, 0.1) is 0 Å². The molecule has 1 heterocycles. The van der Waals surface area contributed by atoms with Crippen LogP contribution in [0.4, 0.5) is 0 Å². The Bertz CT molecular complexity index is 198. The second-order valence-electron chi connectivity index (χ2n) is 2.23. The molecule has 0 N–H and O–H groups in total. The van der Waals surface area contributed by atoms with Crippen molar-refractivity contribution >= 4 is 0 Å². The number of rotatable bonds is 1. The Morgan fingerprint density at radius 1 is 1.50 bits per heavy atom. The smallest absolute Gasteiger partial charge is 0.171 e. The van der Waals surface area contributed by atoms with Gasteiger partial charge in [0.1, 0.15) is 7.05 Å². The van der Waals surface area contributed by atoms with Gasteiger partial charge in [0.25, 0.3) is 0 Å². The summed E-state index contributed by atoms with van der Waals surface area (Å²) < 4.78 is 2.07. The van der Waals surface area contributed by atoms with Crippen LogP contribution in [0.15, 0.2) is 24.5 Å². The van der Waals surface area contributed by atoms with Crippen molar-refractivity contribution in [2.75, 3.05) is 0 Å². The normalized spacial score (nSPS) is 8.60. The van der Waals surface area contributed by atoms with Crippen LogP contribution in [-0.4, -0.2) is 0 Å². The van der Waals surface area contributed by atoms with E-state index in [1.165, 1.54) is 5.56 Å². The average Bonchev–Trinajstić information content (AvgIpc) is 1.88. The van der Waals surface area contributed by atoms with Crippen LogP contribution in [0.3, 0.4) is 0 Å². The molecule has 10 heavy (non-hydrogen) atoms. The molecule has 0 unspecified atom stereocenters. The Morgan fingerprint density at radius 2 is 2.20 bits per heavy atom. The van der Waals surface area contributed by atoms with Crippen molar-refractivity contribution < 1.29 is 9.27 Å². The van der Waals surface area contributed by atoms with E-state index >= 15 is 0 Å². The van der Waals surface area contributed by atoms with Crippen molar-refractivity contribution in [2.45, 2.75) is 13.3 Å². The molecule has 56 valence electrons. The second kappa shape index (κ2) is 3.99. The molecule has 0 aliphatic carbocycles. The van der Waals surface area contributed by atoms with Gasteiger partial charge in [0, 0.05) is 11.6 Å². The molecule has 0 saturated heterocycles. The summed E-state index contributed by atoms with van der Waals surface area (Å²) in [5.41, 5.74) is 1.39. The summed E-state index contributed by atoms with van der Waals surface area (Å²) in [4.78, 5) is 0. The van der Waals surface area contributed by atoms with Crippen LogP contribution < -0.4 is 9.27 Å². The highest BCUT2D eigenvalue weighted by atomic mass is 19.0. The fourth-order valence-corrected chi connectivity index (χ4v) is 0.859. The van der Waals surface area contributed by atoms with Gasteiger partial charge in [-0.15, -0.1) is 0 Å². The maximum absolute atomic E-state index is 2.16. The van der Waals surface area contributed by atoms with Gasteiger partial charge in [0.2, 0.25) is 0 Å². The molecule has 0 spiro atoms. The fourth-order valence-electron chi connectivity index (χ4n) is 0.859. The average molecular weight is 141 g/mol. The zero-order valence-electron chi connectivity index (χ0n) is 6.34. The third-order valence-corrected chi connectivity index (χ3v) is 1.41. The van der Waals surface area contributed by atoms with Gasteiger partial charge >= 0.3 is 0 Å². The summed E-state index contributed by atoms with van der Waals surface area (Å²) in [6.45, 7) is 2.16. The zero-order valence-corrected chi connectivity index (χ0v) is 6.34. The van der Waals surface area contributed by atoms with Crippen molar-refractivity contribution in [3.8, 4) is 0 Å². The number of nitrogens with zero attached hydrogens (tertiary/aromatic N) is 1. The maximum atomic E-state index is 2.16. The molecule has 0 bridgehead atoms. The van der Waals surface area contributed by atoms with Crippen molar-refractivity contribution in [2.24, 2.45) is 7.05 Å². The van der Waals surface area contributed by atoms with Crippen LogP contribution in [0.5, 0.6) is 0 Å². The minimum absolute atomic E-state index is 0. The molecule has 1 nitrogen and oxygen atoms in total. The lowest BCUT2D eigenvalue weighted by Crippen LogP contribution is -3.00. The summed E-state index contributed by atoms with van der Waals surface area (Å²) in [6.07, 6.45) is 5.30. The van der Waals surface area contributed by atoms with Gasteiger partial charge in [-0.05, 0) is 12.5 Å². The Hall–Kier alpha value is -0.920. The van der Waals surface area contributed by atoms with Crippen LogP contribution in [0.25, 0.3) is 0 Å². The molecular formula is C8H12FN. The quantitative estimate of drug-likeness (QED) is 0.401. The molecule has 0 amide bonds. The molecule has 0 atom stereocenters. The molecule has 0 fully saturated rings. The van der Waals surface area contributed by atoms with Crippen molar-refractivity contribution in [1.29, 1.82) is 0 Å². The van der Waals surface area contributed by atoms with Gasteiger partial charge in [-0.1, -0.05) is 6.92 Å². The monoisotopic (exact) mass is 141 g/mol. The first kappa shape index (κ1) is 9.08. The Kier molecular flexibility index (Phi) is 3.62. The number of hydrogen-bond donors (Lipinski definition) is 0. The van der Waals surface area contributed by atoms with E-state index in [1.807, 2.05) is 13.2 Å². The fraction of sp³-hybridized carbons (Fsp3) is 0.375. The number of hydrogen-bond acceptors (Lipinski definition) is 0. The van der Waals surface area contributed by atoms with Crippen LogP contribution in [0.1, 0.15) is 12.5 Å². The largest absolute Gasteiger partial charge is 1.00 e. The Morgan fingerprint density at radius 3 is 2.60 bits per heavy atom. The zero-order chi connectivity index (χ0) is 6.69. The summed E-state index contributed by atoms with van der Waals surface area (Å²) >= 11 is 0. The highest BCUT2D eigenvalue weighted by molar-refractivity contribution is 5.04. The van der Waals surface area contributed by atoms with E-state index in [0.717, 1.165) is 6.42 Å². The molecule has 0 aliphatic rings. The van der Waals surface area contributed by atoms with E-state index in [-0.39, 0.29) is 4.70 Å². The van der Waals surface area contributed by atoms with E-state index in [4.69, 9.17) is 0 Å². The summed E-state index contributed by atoms with van der Waals surface area (Å²) in [7, 11) is 2.04. The molecular weight excluding hydrogens is 129 g/mol. The minimum Gasteiger partial charge on any atom is -1.00 e. The van der Waals surface area contributed by atoms with E-state index in [9.17, 15) is 0 Å². The van der Waals surface area contributed by atoms with Gasteiger partial charge < -0.3 is 4.70 Å². The van der Waals surface area contributed by atoms with Gasteiger partial charge in [-0.2, -0.15) is 0 Å². The molecule has 1 rings (SSSR count). The second-order valence-corrected chi connectivity index (χ2v) is 2.23. The summed E-state index contributed by atoms with van der Waals surface area (Å²) in [6, 6.07) is 4.21. The van der Waals surface area contributed by atoms with E-state index in [0.29, 0.717) is 0 Å². The first-order chi connectivity index (χ1) is 4.33. The minimum atomic E-state index is 0. The highest BCUT2D eigenvalue weighted by Crippen LogP contribution is 1.92. The molecule has 0 aromatic carbocycles. The van der Waals surface area contributed by atoms with Gasteiger partial charge in [0.15, 0.2) is 12.4 Å². The lowest BCUT2D eigenvalue weighted by molar-refractivity contribution is -0.671. The number of aryl methyl sites for hydroxylation is 2. The first-order valence-electron chi connectivity index (χ1n) is 3.27. The molecule has 2 heteroatoms. The van der Waals surface area contributed by atoms with E-state index in [2.05, 4.69) is 29.8 Å². The number of pyridine rings is 1. The lowest BCUT2D eigenvalue weighted by Gasteiger charge is -1.90. The number of aromatic nitrogens is 1. The van der Waals surface area contributed by atoms with Crippen LogP contribution in [0.2, 0.25) is 0 Å². The number of halogens is 1. The summed E-state index contributed by atoms with van der Waals surface area (Å²) in [5.74, 6) is 0. The van der Waals surface area contributed by atoms with E-state index in [1.54, 1.807) is 0 Å². The van der Waals surface area contributed by atoms with Crippen LogP contribution >= 0.6 is 0 Å². The maximum Gasteiger partial charge on any atom is 0.171 e. The van der Waals surface area contributed by atoms with Crippen molar-refractivity contribution in [1.82, 2.24) is 0 Å². The van der Waals surface area contributed by atoms with Crippen molar-refractivity contribution in [3.63, 3.8) is 0 Å². The molecule has 1 aromatic heterocycles. The Balaban J connectivity index is 0.000000810. The van der Waals surface area contributed by atoms with Gasteiger partial charge in [-0.25, -0.2) is 4.57 Å². The molecule has 1 aromatic rings. The first-order valence-corrected chi connectivity index (χ1v) is 3.27. The third kappa shape index (κ3) is 2.13. The summed E-state index contributed by atoms with van der Waals surface area (Å²) in [5, 5.41) is 0. The molecule has 0 aliphatic heterocycles. The predicted octanol–water partition coefficient (Wildman–Crippen LogP) is -1.92. The van der Waals surface area contributed by atoms with Crippen LogP contribution in [-0.2, 0) is 13.5 Å². The Labute approximate surface area is 60.7 Å². The third-order valence-electron chi connectivity index (χ3n) is 1.41. The topological polar surface area (TPSA) is 3.88 Å². The van der Waals surface area contributed by atoms with Crippen LogP contribution in [0, 0.1) is 0 Å². The molecule has 0 saturated carbocycles. The standard InChI is InChI=1S/C8H12N.FH/c1-3-8-5-4-6-9(2)7-8;/h4-7H,3H2,1-2H3;1H/q+1;/p-1. The van der Waals surface area contributed by atoms with Gasteiger partial charge in [-0.3, -0.25) is 0 Å². The lowest BCUT2D eigenvalue weighted by atomic mass is 10.2. The molecule has 0 radical (unpaired) electrons. The predicted molar refractivity (Wildman–Crippen MR) is 37.0 cm³/mol.